The molecule has 1 aromatic heterocycles. The molecule has 0 aliphatic rings. The van der Waals surface area contributed by atoms with E-state index in [1.807, 2.05) is 0 Å². The highest BCUT2D eigenvalue weighted by molar-refractivity contribution is 5.73. The zero-order chi connectivity index (χ0) is 18.0. The maximum Gasteiger partial charge on any atom is 0.320 e. The molecule has 0 fully saturated rings. The minimum absolute atomic E-state index is 0.145. The number of aliphatic hydroxyl groups is 1. The second-order valence-electron chi connectivity index (χ2n) is 5.06. The Bertz CT molecular complexity index is 493. The van der Waals surface area contributed by atoms with E-state index in [0.717, 1.165) is 5.69 Å². The average molecular weight is 331 g/mol. The molecule has 132 valence electrons. The van der Waals surface area contributed by atoms with Crippen LogP contribution in [0.15, 0.2) is 12.5 Å². The fourth-order valence-electron chi connectivity index (χ4n) is 1.51. The van der Waals surface area contributed by atoms with Crippen molar-refractivity contribution in [2.24, 2.45) is 24.2 Å². The third-order valence-electron chi connectivity index (χ3n) is 3.06. The summed E-state index contributed by atoms with van der Waals surface area (Å²) in [5.74, 6) is -2.04. The van der Waals surface area contributed by atoms with Gasteiger partial charge in [-0.3, -0.25) is 9.59 Å². The molecule has 1 rings (SSSR count). The van der Waals surface area contributed by atoms with Gasteiger partial charge in [0, 0.05) is 31.9 Å². The second kappa shape index (κ2) is 10.7. The van der Waals surface area contributed by atoms with Gasteiger partial charge in [-0.15, -0.1) is 0 Å². The van der Waals surface area contributed by atoms with Crippen molar-refractivity contribution in [3.05, 3.63) is 18.2 Å². The van der Waals surface area contributed by atoms with Crippen molar-refractivity contribution >= 4 is 11.9 Å². The number of carboxylic acid groups (broad SMARTS) is 2. The summed E-state index contributed by atoms with van der Waals surface area (Å²) >= 11 is 0. The summed E-state index contributed by atoms with van der Waals surface area (Å²) in [7, 11) is 1.80. The van der Waals surface area contributed by atoms with Gasteiger partial charge >= 0.3 is 11.9 Å². The predicted molar refractivity (Wildman–Crippen MR) is 82.4 cm³/mol. The fraction of sp³-hybridized carbons (Fsp3) is 0.615. The van der Waals surface area contributed by atoms with Crippen LogP contribution < -0.4 is 17.2 Å². The molecule has 0 saturated carbocycles. The normalized spacial score (nSPS) is 14.3. The second-order valence-corrected chi connectivity index (χ2v) is 5.06. The molecule has 0 aliphatic carbocycles. The molecule has 0 aromatic carbocycles. The third kappa shape index (κ3) is 8.88. The maximum atomic E-state index is 10.4. The van der Waals surface area contributed by atoms with Gasteiger partial charge in [0.05, 0.1) is 12.4 Å². The molecular weight excluding hydrogens is 306 g/mol. The molecule has 0 saturated heterocycles. The van der Waals surface area contributed by atoms with Crippen molar-refractivity contribution in [3.63, 3.8) is 0 Å². The number of imidazole rings is 1. The van der Waals surface area contributed by atoms with Gasteiger partial charge in [-0.1, -0.05) is 0 Å². The first-order chi connectivity index (χ1) is 10.7. The minimum Gasteiger partial charge on any atom is -0.480 e. The summed E-state index contributed by atoms with van der Waals surface area (Å²) in [6, 6.07) is -1.74. The molecular formula is C13H25N5O5. The Hall–Kier alpha value is -2.01. The summed E-state index contributed by atoms with van der Waals surface area (Å²) in [5, 5.41) is 25.8. The van der Waals surface area contributed by atoms with Crippen molar-refractivity contribution in [1.82, 2.24) is 9.55 Å². The van der Waals surface area contributed by atoms with E-state index in [1.165, 1.54) is 0 Å². The molecule has 0 spiro atoms. The van der Waals surface area contributed by atoms with Crippen molar-refractivity contribution < 1.29 is 24.9 Å². The first-order valence-corrected chi connectivity index (χ1v) is 6.99. The monoisotopic (exact) mass is 331 g/mol. The van der Waals surface area contributed by atoms with Crippen LogP contribution in [0.2, 0.25) is 0 Å². The van der Waals surface area contributed by atoms with Crippen LogP contribution in [-0.2, 0) is 23.1 Å². The molecule has 10 heteroatoms. The van der Waals surface area contributed by atoms with E-state index in [2.05, 4.69) is 4.98 Å². The van der Waals surface area contributed by atoms with Gasteiger partial charge in [0.15, 0.2) is 0 Å². The van der Waals surface area contributed by atoms with Gasteiger partial charge in [-0.05, 0) is 12.8 Å². The number of nitrogens with zero attached hydrogens (tertiary/aromatic N) is 2. The number of aliphatic carboxylic acids is 2. The summed E-state index contributed by atoms with van der Waals surface area (Å²) in [5.41, 5.74) is 16.4. The summed E-state index contributed by atoms with van der Waals surface area (Å²) in [4.78, 5) is 24.4. The van der Waals surface area contributed by atoms with Crippen LogP contribution in [0, 0.1) is 0 Å². The van der Waals surface area contributed by atoms with Crippen LogP contribution in [0.25, 0.3) is 0 Å². The Labute approximate surface area is 133 Å². The number of aromatic nitrogens is 2. The van der Waals surface area contributed by atoms with Crippen LogP contribution in [-0.4, -0.2) is 61.5 Å². The number of aryl methyl sites for hydroxylation is 1. The summed E-state index contributed by atoms with van der Waals surface area (Å²) < 4.78 is 1.75. The van der Waals surface area contributed by atoms with Crippen LogP contribution in [0.3, 0.4) is 0 Å². The van der Waals surface area contributed by atoms with E-state index >= 15 is 0 Å². The lowest BCUT2D eigenvalue weighted by Gasteiger charge is -2.09. The number of rotatable bonds is 8. The topological polar surface area (TPSA) is 191 Å². The van der Waals surface area contributed by atoms with Crippen LogP contribution in [0.5, 0.6) is 0 Å². The molecule has 1 heterocycles. The number of hydrogen-bond donors (Lipinski definition) is 6. The molecule has 23 heavy (non-hydrogen) atoms. The number of aliphatic hydroxyl groups excluding tert-OH is 1. The van der Waals surface area contributed by atoms with Gasteiger partial charge in [0.25, 0.3) is 0 Å². The van der Waals surface area contributed by atoms with E-state index in [4.69, 9.17) is 32.5 Å². The number of nitrogens with two attached hydrogens (primary N) is 3. The Morgan fingerprint density at radius 2 is 1.78 bits per heavy atom. The molecule has 0 aliphatic heterocycles. The lowest BCUT2D eigenvalue weighted by Crippen LogP contribution is -2.32. The Morgan fingerprint density at radius 3 is 2.17 bits per heavy atom. The van der Waals surface area contributed by atoms with Crippen LogP contribution in [0.4, 0.5) is 0 Å². The molecule has 0 bridgehead atoms. The standard InChI is InChI=1S/C7H11N3O2.C6H14N2O3/c1-10-4-9-3-5(10)2-6(8)7(11)12;7-3-4(9)1-2-5(8)6(10)11/h3-4,6H,2,8H2,1H3,(H,11,12);4-5,9H,1-3,7-8H2,(H,10,11)/t6-;4?,5-/m00/s1. The van der Waals surface area contributed by atoms with E-state index in [-0.39, 0.29) is 13.0 Å². The minimum atomic E-state index is -1.05. The van der Waals surface area contributed by atoms with E-state index in [9.17, 15) is 9.59 Å². The van der Waals surface area contributed by atoms with Crippen molar-refractivity contribution in [2.75, 3.05) is 6.54 Å². The Morgan fingerprint density at radius 1 is 1.22 bits per heavy atom. The fourth-order valence-corrected chi connectivity index (χ4v) is 1.51. The predicted octanol–water partition coefficient (Wildman–Crippen LogP) is -2.13. The molecule has 0 amide bonds. The molecule has 1 unspecified atom stereocenters. The van der Waals surface area contributed by atoms with E-state index < -0.39 is 30.1 Å². The number of hydrogen-bond acceptors (Lipinski definition) is 7. The van der Waals surface area contributed by atoms with Crippen molar-refractivity contribution in [1.29, 1.82) is 0 Å². The van der Waals surface area contributed by atoms with Crippen molar-refractivity contribution in [3.8, 4) is 0 Å². The average Bonchev–Trinajstić information content (AvgIpc) is 2.89. The summed E-state index contributed by atoms with van der Waals surface area (Å²) in [6.45, 7) is 0.145. The van der Waals surface area contributed by atoms with E-state index in [1.54, 1.807) is 24.1 Å². The van der Waals surface area contributed by atoms with Crippen LogP contribution >= 0.6 is 0 Å². The maximum absolute atomic E-state index is 10.4. The zero-order valence-corrected chi connectivity index (χ0v) is 13.0. The largest absolute Gasteiger partial charge is 0.480 e. The Balaban J connectivity index is 0.000000423. The van der Waals surface area contributed by atoms with Crippen molar-refractivity contribution in [2.45, 2.75) is 37.5 Å². The quantitative estimate of drug-likeness (QED) is 0.309. The van der Waals surface area contributed by atoms with Gasteiger partial charge < -0.3 is 37.1 Å². The highest BCUT2D eigenvalue weighted by Crippen LogP contribution is 2.00. The lowest BCUT2D eigenvalue weighted by atomic mass is 10.1. The van der Waals surface area contributed by atoms with Gasteiger partial charge in [0.2, 0.25) is 0 Å². The van der Waals surface area contributed by atoms with Gasteiger partial charge in [0.1, 0.15) is 12.1 Å². The highest BCUT2D eigenvalue weighted by atomic mass is 16.4. The third-order valence-corrected chi connectivity index (χ3v) is 3.06. The first kappa shape index (κ1) is 21.0. The summed E-state index contributed by atoms with van der Waals surface area (Å²) in [6.07, 6.45) is 3.50. The zero-order valence-electron chi connectivity index (χ0n) is 13.0. The molecule has 10 nitrogen and oxygen atoms in total. The highest BCUT2D eigenvalue weighted by Gasteiger charge is 2.13. The SMILES string of the molecule is Cn1cncc1C[C@H](N)C(=O)O.NCC(O)CC[C@H](N)C(=O)O. The molecule has 3 atom stereocenters. The van der Waals surface area contributed by atoms with Crippen LogP contribution in [0.1, 0.15) is 18.5 Å². The Kier molecular flexibility index (Phi) is 9.74. The van der Waals surface area contributed by atoms with Gasteiger partial charge in [-0.25, -0.2) is 4.98 Å². The molecule has 0 radical (unpaired) electrons. The number of carbonyl (C=O) groups is 2. The van der Waals surface area contributed by atoms with E-state index in [0.29, 0.717) is 12.8 Å². The number of carboxylic acids is 2. The van der Waals surface area contributed by atoms with Gasteiger partial charge in [-0.2, -0.15) is 0 Å². The molecule has 1 aromatic rings. The molecule has 9 N–H and O–H groups in total. The smallest absolute Gasteiger partial charge is 0.320 e. The first-order valence-electron chi connectivity index (χ1n) is 6.99. The lowest BCUT2D eigenvalue weighted by molar-refractivity contribution is -0.139.